The van der Waals surface area contributed by atoms with Gasteiger partial charge in [-0.3, -0.25) is 0 Å². The van der Waals surface area contributed by atoms with E-state index in [0.29, 0.717) is 3.57 Å². The van der Waals surface area contributed by atoms with Crippen LogP contribution >= 0.6 is 22.6 Å². The molecule has 0 aliphatic heterocycles. The third kappa shape index (κ3) is 2.60. The molecule has 0 atom stereocenters. The summed E-state index contributed by atoms with van der Waals surface area (Å²) in [6.07, 6.45) is -4.50. The van der Waals surface area contributed by atoms with E-state index >= 15 is 0 Å². The minimum absolute atomic E-state index is 0.0746. The summed E-state index contributed by atoms with van der Waals surface area (Å²) in [6, 6.07) is 3.29. The molecule has 1 aromatic carbocycles. The average molecular weight is 327 g/mol. The summed E-state index contributed by atoms with van der Waals surface area (Å²) in [6.45, 7) is -0.517. The Hall–Kier alpha value is -0.810. The van der Waals surface area contributed by atoms with Crippen LogP contribution in [0.4, 0.5) is 13.2 Å². The summed E-state index contributed by atoms with van der Waals surface area (Å²) in [4.78, 5) is 0. The van der Waals surface area contributed by atoms with Crippen LogP contribution in [-0.2, 0) is 12.8 Å². The van der Waals surface area contributed by atoms with Crippen LogP contribution in [0.3, 0.4) is 0 Å². The van der Waals surface area contributed by atoms with E-state index in [1.807, 2.05) is 0 Å². The van der Waals surface area contributed by atoms with Gasteiger partial charge in [-0.25, -0.2) is 0 Å². The molecular formula is C9H5F3INO. The van der Waals surface area contributed by atoms with E-state index in [9.17, 15) is 13.2 Å². The van der Waals surface area contributed by atoms with Crippen molar-refractivity contribution in [2.75, 3.05) is 0 Å². The van der Waals surface area contributed by atoms with Crippen molar-refractivity contribution in [1.29, 1.82) is 5.26 Å². The molecule has 0 spiro atoms. The van der Waals surface area contributed by atoms with Gasteiger partial charge in [0.25, 0.3) is 0 Å². The fourth-order valence-corrected chi connectivity index (χ4v) is 1.65. The highest BCUT2D eigenvalue weighted by molar-refractivity contribution is 14.1. The molecule has 0 saturated carbocycles. The summed E-state index contributed by atoms with van der Waals surface area (Å²) < 4.78 is 37.4. The van der Waals surface area contributed by atoms with E-state index in [1.54, 1.807) is 28.7 Å². The van der Waals surface area contributed by atoms with Gasteiger partial charge in [-0.1, -0.05) is 0 Å². The van der Waals surface area contributed by atoms with E-state index < -0.39 is 18.3 Å². The number of aliphatic hydroxyl groups excluding tert-OH is 1. The summed E-state index contributed by atoms with van der Waals surface area (Å²) in [5.41, 5.74) is -0.875. The Balaban J connectivity index is 3.42. The molecule has 0 saturated heterocycles. The topological polar surface area (TPSA) is 44.0 Å². The molecule has 0 radical (unpaired) electrons. The van der Waals surface area contributed by atoms with E-state index in [4.69, 9.17) is 10.4 Å². The van der Waals surface area contributed by atoms with Crippen LogP contribution in [0, 0.1) is 14.9 Å². The predicted octanol–water partition coefficient (Wildman–Crippen LogP) is 2.67. The molecule has 0 aliphatic carbocycles. The first kappa shape index (κ1) is 12.3. The predicted molar refractivity (Wildman–Crippen MR) is 54.8 cm³/mol. The molecule has 1 N–H and O–H groups in total. The lowest BCUT2D eigenvalue weighted by atomic mass is 10.1. The van der Waals surface area contributed by atoms with Gasteiger partial charge in [0.05, 0.1) is 17.7 Å². The Morgan fingerprint density at radius 3 is 2.40 bits per heavy atom. The monoisotopic (exact) mass is 327 g/mol. The summed E-state index contributed by atoms with van der Waals surface area (Å²) >= 11 is 1.74. The van der Waals surface area contributed by atoms with Gasteiger partial charge in [0.15, 0.2) is 0 Å². The van der Waals surface area contributed by atoms with Gasteiger partial charge in [-0.15, -0.1) is 0 Å². The average Bonchev–Trinajstić information content (AvgIpc) is 2.16. The van der Waals surface area contributed by atoms with Crippen molar-refractivity contribution >= 4 is 22.6 Å². The maximum absolute atomic E-state index is 12.4. The zero-order chi connectivity index (χ0) is 11.6. The normalized spacial score (nSPS) is 11.2. The number of nitriles is 1. The summed E-state index contributed by atoms with van der Waals surface area (Å²) in [5, 5.41) is 17.5. The summed E-state index contributed by atoms with van der Waals surface area (Å²) in [5.74, 6) is 0. The highest BCUT2D eigenvalue weighted by Gasteiger charge is 2.31. The van der Waals surface area contributed by atoms with Crippen molar-refractivity contribution in [3.8, 4) is 6.07 Å². The first-order valence-electron chi connectivity index (χ1n) is 3.80. The number of rotatable bonds is 1. The van der Waals surface area contributed by atoms with Gasteiger partial charge in [0.1, 0.15) is 6.07 Å². The number of benzene rings is 1. The van der Waals surface area contributed by atoms with Gasteiger partial charge < -0.3 is 5.11 Å². The van der Waals surface area contributed by atoms with Gasteiger partial charge in [-0.05, 0) is 40.3 Å². The van der Waals surface area contributed by atoms with Crippen molar-refractivity contribution in [3.63, 3.8) is 0 Å². The van der Waals surface area contributed by atoms with Crippen LogP contribution in [0.2, 0.25) is 0 Å². The number of nitrogens with zero attached hydrogens (tertiary/aromatic N) is 1. The SMILES string of the molecule is N#Cc1cc(C(F)(F)F)cc(CO)c1I. The largest absolute Gasteiger partial charge is 0.416 e. The highest BCUT2D eigenvalue weighted by atomic mass is 127. The fourth-order valence-electron chi connectivity index (χ4n) is 1.04. The molecule has 80 valence electrons. The first-order chi connectivity index (χ1) is 6.90. The molecule has 0 fully saturated rings. The number of halogens is 4. The minimum atomic E-state index is -4.50. The van der Waals surface area contributed by atoms with E-state index in [2.05, 4.69) is 0 Å². The standard InChI is InChI=1S/C9H5F3INO/c10-9(11,12)7-1-5(3-14)8(13)6(2-7)4-15/h1-2,15H,4H2. The minimum Gasteiger partial charge on any atom is -0.392 e. The maximum Gasteiger partial charge on any atom is 0.416 e. The number of aliphatic hydroxyl groups is 1. The molecular weight excluding hydrogens is 322 g/mol. The smallest absolute Gasteiger partial charge is 0.392 e. The van der Waals surface area contributed by atoms with Crippen molar-refractivity contribution in [2.45, 2.75) is 12.8 Å². The third-order valence-electron chi connectivity index (χ3n) is 1.77. The van der Waals surface area contributed by atoms with Gasteiger partial charge in [0, 0.05) is 3.57 Å². The maximum atomic E-state index is 12.4. The number of alkyl halides is 3. The number of hydrogen-bond acceptors (Lipinski definition) is 2. The lowest BCUT2D eigenvalue weighted by molar-refractivity contribution is -0.137. The molecule has 0 aromatic heterocycles. The fraction of sp³-hybridized carbons (Fsp3) is 0.222. The molecule has 1 aromatic rings. The molecule has 15 heavy (non-hydrogen) atoms. The highest BCUT2D eigenvalue weighted by Crippen LogP contribution is 2.32. The van der Waals surface area contributed by atoms with Crippen LogP contribution in [0.5, 0.6) is 0 Å². The molecule has 0 amide bonds. The van der Waals surface area contributed by atoms with Crippen LogP contribution in [0.1, 0.15) is 16.7 Å². The van der Waals surface area contributed by atoms with Crippen LogP contribution < -0.4 is 0 Å². The number of hydrogen-bond donors (Lipinski definition) is 1. The van der Waals surface area contributed by atoms with Crippen LogP contribution in [-0.4, -0.2) is 5.11 Å². The molecule has 0 heterocycles. The molecule has 0 aliphatic rings. The van der Waals surface area contributed by atoms with Crippen LogP contribution in [0.25, 0.3) is 0 Å². The molecule has 0 unspecified atom stereocenters. The Morgan fingerprint density at radius 1 is 1.40 bits per heavy atom. The van der Waals surface area contributed by atoms with Gasteiger partial charge in [-0.2, -0.15) is 18.4 Å². The molecule has 0 bridgehead atoms. The van der Waals surface area contributed by atoms with E-state index in [0.717, 1.165) is 12.1 Å². The second-order valence-corrected chi connectivity index (χ2v) is 3.84. The summed E-state index contributed by atoms with van der Waals surface area (Å²) in [7, 11) is 0. The lowest BCUT2D eigenvalue weighted by Gasteiger charge is -2.10. The Labute approximate surface area is 97.5 Å². The Kier molecular flexibility index (Phi) is 3.57. The Bertz CT molecular complexity index is 423. The quantitative estimate of drug-likeness (QED) is 0.806. The van der Waals surface area contributed by atoms with Crippen molar-refractivity contribution < 1.29 is 18.3 Å². The third-order valence-corrected chi connectivity index (χ3v) is 3.04. The second-order valence-electron chi connectivity index (χ2n) is 2.76. The zero-order valence-corrected chi connectivity index (χ0v) is 9.43. The zero-order valence-electron chi connectivity index (χ0n) is 7.27. The van der Waals surface area contributed by atoms with E-state index in [-0.39, 0.29) is 11.1 Å². The van der Waals surface area contributed by atoms with Crippen molar-refractivity contribution in [2.24, 2.45) is 0 Å². The van der Waals surface area contributed by atoms with E-state index in [1.165, 1.54) is 0 Å². The van der Waals surface area contributed by atoms with Crippen molar-refractivity contribution in [3.05, 3.63) is 32.4 Å². The molecule has 6 heteroatoms. The first-order valence-corrected chi connectivity index (χ1v) is 4.88. The second kappa shape index (κ2) is 4.37. The molecule has 1 rings (SSSR count). The lowest BCUT2D eigenvalue weighted by Crippen LogP contribution is -2.07. The van der Waals surface area contributed by atoms with Gasteiger partial charge in [0.2, 0.25) is 0 Å². The van der Waals surface area contributed by atoms with Crippen molar-refractivity contribution in [1.82, 2.24) is 0 Å². The van der Waals surface area contributed by atoms with Gasteiger partial charge >= 0.3 is 6.18 Å². The molecule has 2 nitrogen and oxygen atoms in total. The Morgan fingerprint density at radius 2 is 2.00 bits per heavy atom. The van der Waals surface area contributed by atoms with Crippen LogP contribution in [0.15, 0.2) is 12.1 Å².